The molecule has 0 aromatic heterocycles. The molecule has 0 saturated heterocycles. The highest BCUT2D eigenvalue weighted by atomic mass is 35.5. The predicted octanol–water partition coefficient (Wildman–Crippen LogP) is 2.55. The van der Waals surface area contributed by atoms with Crippen LogP contribution in [0.3, 0.4) is 0 Å². The van der Waals surface area contributed by atoms with Crippen molar-refractivity contribution >= 4 is 17.9 Å². The van der Waals surface area contributed by atoms with Gasteiger partial charge in [-0.25, -0.2) is 0 Å². The van der Waals surface area contributed by atoms with Gasteiger partial charge in [0.05, 0.1) is 18.8 Å². The van der Waals surface area contributed by atoms with Gasteiger partial charge >= 0.3 is 0 Å². The Morgan fingerprint density at radius 2 is 2.19 bits per heavy atom. The molecular weight excluding hydrogens is 228 g/mol. The van der Waals surface area contributed by atoms with Crippen LogP contribution in [0, 0.1) is 5.41 Å². The number of aliphatic hydroxyl groups is 1. The molecule has 0 aliphatic heterocycles. The number of hydrogen-bond acceptors (Lipinski definition) is 3. The molecule has 0 heterocycles. The van der Waals surface area contributed by atoms with Crippen LogP contribution in [0.25, 0.3) is 0 Å². The van der Waals surface area contributed by atoms with Gasteiger partial charge in [0, 0.05) is 10.4 Å². The lowest BCUT2D eigenvalue weighted by molar-refractivity contribution is 0.0960. The molecule has 3 nitrogen and oxygen atoms in total. The van der Waals surface area contributed by atoms with Crippen molar-refractivity contribution < 1.29 is 14.6 Å². The molecule has 1 N–H and O–H groups in total. The normalized spacial score (nSPS) is 11.2. The third-order valence-corrected chi connectivity index (χ3v) is 2.38. The fraction of sp³-hybridized carbons (Fsp3) is 0.417. The second-order valence-corrected chi connectivity index (χ2v) is 4.85. The molecular formula is C12H15ClO3. The summed E-state index contributed by atoms with van der Waals surface area (Å²) in [5.41, 5.74) is 0.0843. The van der Waals surface area contributed by atoms with Gasteiger partial charge in [-0.2, -0.15) is 0 Å². The van der Waals surface area contributed by atoms with E-state index in [2.05, 4.69) is 0 Å². The summed E-state index contributed by atoms with van der Waals surface area (Å²) in [6.45, 7) is 4.12. The number of carbonyl (C=O) groups excluding carboxylic acids is 1. The van der Waals surface area contributed by atoms with E-state index in [4.69, 9.17) is 21.4 Å². The third kappa shape index (κ3) is 3.51. The van der Waals surface area contributed by atoms with Crippen molar-refractivity contribution in [2.24, 2.45) is 5.41 Å². The Balaban J connectivity index is 2.78. The molecule has 0 radical (unpaired) electrons. The number of halogens is 1. The zero-order valence-electron chi connectivity index (χ0n) is 9.37. The first kappa shape index (κ1) is 13.0. The number of benzene rings is 1. The van der Waals surface area contributed by atoms with E-state index in [1.165, 1.54) is 0 Å². The quantitative estimate of drug-likeness (QED) is 0.808. The number of carbonyl (C=O) groups is 1. The van der Waals surface area contributed by atoms with E-state index in [0.29, 0.717) is 29.2 Å². The Morgan fingerprint density at radius 3 is 2.75 bits per heavy atom. The summed E-state index contributed by atoms with van der Waals surface area (Å²) in [5.74, 6) is 0.487. The number of hydrogen-bond donors (Lipinski definition) is 1. The molecule has 0 aliphatic rings. The Labute approximate surface area is 100.0 Å². The Bertz CT molecular complexity index is 375. The summed E-state index contributed by atoms with van der Waals surface area (Å²) in [6, 6.07) is 4.87. The van der Waals surface area contributed by atoms with E-state index >= 15 is 0 Å². The Kier molecular flexibility index (Phi) is 4.33. The number of ether oxygens (including phenoxy) is 1. The van der Waals surface area contributed by atoms with Gasteiger partial charge in [0.25, 0.3) is 0 Å². The summed E-state index contributed by atoms with van der Waals surface area (Å²) in [4.78, 5) is 10.8. The minimum atomic E-state index is -0.334. The summed E-state index contributed by atoms with van der Waals surface area (Å²) in [7, 11) is 0. The smallest absolute Gasteiger partial charge is 0.153 e. The van der Waals surface area contributed by atoms with Crippen LogP contribution >= 0.6 is 11.6 Å². The standard InChI is InChI=1S/C12H15ClO3/c1-12(2,7-15)8-16-11-4-3-10(13)5-9(11)6-14/h3-6,15H,7-8H2,1-2H3. The third-order valence-electron chi connectivity index (χ3n) is 2.15. The van der Waals surface area contributed by atoms with E-state index < -0.39 is 0 Å². The number of rotatable bonds is 5. The molecule has 0 amide bonds. The molecule has 1 aromatic carbocycles. The highest BCUT2D eigenvalue weighted by molar-refractivity contribution is 6.30. The van der Waals surface area contributed by atoms with Crippen LogP contribution in [0.1, 0.15) is 24.2 Å². The number of aldehydes is 1. The summed E-state index contributed by atoms with van der Waals surface area (Å²) < 4.78 is 5.49. The minimum absolute atomic E-state index is 0.0248. The highest BCUT2D eigenvalue weighted by Gasteiger charge is 2.18. The lowest BCUT2D eigenvalue weighted by Crippen LogP contribution is -2.25. The van der Waals surface area contributed by atoms with E-state index in [9.17, 15) is 4.79 Å². The van der Waals surface area contributed by atoms with Crippen LogP contribution in [0.15, 0.2) is 18.2 Å². The maximum Gasteiger partial charge on any atom is 0.153 e. The zero-order chi connectivity index (χ0) is 12.2. The minimum Gasteiger partial charge on any atom is -0.492 e. The average molecular weight is 243 g/mol. The SMILES string of the molecule is CC(C)(CO)COc1ccc(Cl)cc1C=O. The van der Waals surface area contributed by atoms with Crippen LogP contribution in [0.4, 0.5) is 0 Å². The fourth-order valence-corrected chi connectivity index (χ4v) is 1.24. The maximum absolute atomic E-state index is 10.8. The summed E-state index contributed by atoms with van der Waals surface area (Å²) >= 11 is 5.76. The molecule has 4 heteroatoms. The van der Waals surface area contributed by atoms with Gasteiger partial charge in [0.15, 0.2) is 6.29 Å². The van der Waals surface area contributed by atoms with Crippen LogP contribution < -0.4 is 4.74 Å². The molecule has 1 aromatic rings. The molecule has 0 spiro atoms. The topological polar surface area (TPSA) is 46.5 Å². The molecule has 88 valence electrons. The first-order valence-electron chi connectivity index (χ1n) is 4.97. The molecule has 0 bridgehead atoms. The Hall–Kier alpha value is -1.06. The van der Waals surface area contributed by atoms with Crippen LogP contribution in [-0.4, -0.2) is 24.6 Å². The largest absolute Gasteiger partial charge is 0.492 e. The Morgan fingerprint density at radius 1 is 1.50 bits per heavy atom. The molecule has 0 unspecified atom stereocenters. The second kappa shape index (κ2) is 5.32. The van der Waals surface area contributed by atoms with Crippen molar-refractivity contribution in [3.8, 4) is 5.75 Å². The van der Waals surface area contributed by atoms with Gasteiger partial charge in [-0.3, -0.25) is 4.79 Å². The van der Waals surface area contributed by atoms with Crippen molar-refractivity contribution in [3.05, 3.63) is 28.8 Å². The molecule has 0 aliphatic carbocycles. The summed E-state index contributed by atoms with van der Waals surface area (Å²) in [6.07, 6.45) is 0.702. The highest BCUT2D eigenvalue weighted by Crippen LogP contribution is 2.23. The monoisotopic (exact) mass is 242 g/mol. The maximum atomic E-state index is 10.8. The first-order chi connectivity index (χ1) is 7.48. The molecule has 0 saturated carbocycles. The van der Waals surface area contributed by atoms with Gasteiger partial charge in [0.1, 0.15) is 5.75 Å². The van der Waals surface area contributed by atoms with Gasteiger partial charge < -0.3 is 9.84 Å². The van der Waals surface area contributed by atoms with E-state index in [0.717, 1.165) is 0 Å². The molecule has 0 fully saturated rings. The van der Waals surface area contributed by atoms with Crippen molar-refractivity contribution in [2.75, 3.05) is 13.2 Å². The van der Waals surface area contributed by atoms with Gasteiger partial charge in [-0.15, -0.1) is 0 Å². The average Bonchev–Trinajstić information content (AvgIpc) is 2.27. The fourth-order valence-electron chi connectivity index (χ4n) is 1.06. The summed E-state index contributed by atoms with van der Waals surface area (Å²) in [5, 5.41) is 9.57. The van der Waals surface area contributed by atoms with Crippen molar-refractivity contribution in [1.29, 1.82) is 0 Å². The van der Waals surface area contributed by atoms with E-state index in [1.807, 2.05) is 13.8 Å². The first-order valence-corrected chi connectivity index (χ1v) is 5.35. The van der Waals surface area contributed by atoms with E-state index in [-0.39, 0.29) is 12.0 Å². The van der Waals surface area contributed by atoms with Crippen molar-refractivity contribution in [1.82, 2.24) is 0 Å². The van der Waals surface area contributed by atoms with Crippen LogP contribution in [-0.2, 0) is 0 Å². The lowest BCUT2D eigenvalue weighted by Gasteiger charge is -2.22. The zero-order valence-corrected chi connectivity index (χ0v) is 10.1. The predicted molar refractivity (Wildman–Crippen MR) is 63.2 cm³/mol. The van der Waals surface area contributed by atoms with Crippen molar-refractivity contribution in [2.45, 2.75) is 13.8 Å². The molecule has 1 rings (SSSR count). The van der Waals surface area contributed by atoms with Gasteiger partial charge in [-0.05, 0) is 18.2 Å². The van der Waals surface area contributed by atoms with Crippen molar-refractivity contribution in [3.63, 3.8) is 0 Å². The second-order valence-electron chi connectivity index (χ2n) is 4.41. The van der Waals surface area contributed by atoms with E-state index in [1.54, 1.807) is 18.2 Å². The molecule has 0 atom stereocenters. The van der Waals surface area contributed by atoms with Crippen LogP contribution in [0.2, 0.25) is 5.02 Å². The van der Waals surface area contributed by atoms with Gasteiger partial charge in [0.2, 0.25) is 0 Å². The number of aliphatic hydroxyl groups excluding tert-OH is 1. The van der Waals surface area contributed by atoms with Gasteiger partial charge in [-0.1, -0.05) is 25.4 Å². The lowest BCUT2D eigenvalue weighted by atomic mass is 9.96. The van der Waals surface area contributed by atoms with Crippen LogP contribution in [0.5, 0.6) is 5.75 Å². The molecule has 16 heavy (non-hydrogen) atoms.